The molecule has 1 aromatic carbocycles. The molecule has 2 aliphatic heterocycles. The van der Waals surface area contributed by atoms with Gasteiger partial charge in [-0.05, 0) is 86.7 Å². The van der Waals surface area contributed by atoms with Crippen molar-refractivity contribution in [3.8, 4) is 0 Å². The number of carbonyl (C=O) groups is 2. The van der Waals surface area contributed by atoms with Crippen LogP contribution in [0.15, 0.2) is 36.5 Å². The number of aromatic carboxylic acids is 1. The van der Waals surface area contributed by atoms with Gasteiger partial charge >= 0.3 is 12.1 Å². The van der Waals surface area contributed by atoms with Crippen LogP contribution in [0.2, 0.25) is 0 Å². The van der Waals surface area contributed by atoms with E-state index >= 15 is 0 Å². The lowest BCUT2D eigenvalue weighted by Gasteiger charge is -2.39. The average Bonchev–Trinajstić information content (AvgIpc) is 3.50. The van der Waals surface area contributed by atoms with Crippen molar-refractivity contribution in [2.75, 3.05) is 19.6 Å². The molecule has 0 spiro atoms. The molecule has 2 saturated carbocycles. The van der Waals surface area contributed by atoms with Crippen LogP contribution in [0.3, 0.4) is 0 Å². The van der Waals surface area contributed by atoms with Crippen LogP contribution in [0.25, 0.3) is 0 Å². The fourth-order valence-corrected chi connectivity index (χ4v) is 7.93. The molecule has 9 heteroatoms. The molecule has 2 aromatic rings. The van der Waals surface area contributed by atoms with Crippen LogP contribution in [-0.2, 0) is 23.9 Å². The van der Waals surface area contributed by atoms with E-state index in [1.807, 2.05) is 12.1 Å². The van der Waals surface area contributed by atoms with E-state index in [1.54, 1.807) is 17.0 Å². The van der Waals surface area contributed by atoms with Crippen LogP contribution >= 0.6 is 0 Å². The number of alkyl halides is 3. The Bertz CT molecular complexity index is 1270. The van der Waals surface area contributed by atoms with Gasteiger partial charge in [0.05, 0.1) is 16.5 Å². The second-order valence-electron chi connectivity index (χ2n) is 11.8. The van der Waals surface area contributed by atoms with Gasteiger partial charge in [-0.15, -0.1) is 0 Å². The number of piperidine rings is 1. The lowest BCUT2D eigenvalue weighted by atomic mass is 9.78. The van der Waals surface area contributed by atoms with E-state index in [0.29, 0.717) is 41.7 Å². The number of fused-ring (bicyclic) bond motifs is 2. The number of benzene rings is 1. The largest absolute Gasteiger partial charge is 0.478 e. The zero-order valence-electron chi connectivity index (χ0n) is 21.9. The van der Waals surface area contributed by atoms with Crippen molar-refractivity contribution in [2.45, 2.75) is 76.0 Å². The zero-order valence-corrected chi connectivity index (χ0v) is 21.9. The van der Waals surface area contributed by atoms with Crippen LogP contribution in [0.1, 0.15) is 83.6 Å². The monoisotopic (exact) mass is 541 g/mol. The predicted molar refractivity (Wildman–Crippen MR) is 138 cm³/mol. The maximum absolute atomic E-state index is 14.1. The Morgan fingerprint density at radius 3 is 2.59 bits per heavy atom. The van der Waals surface area contributed by atoms with E-state index in [2.05, 4.69) is 9.88 Å². The summed E-state index contributed by atoms with van der Waals surface area (Å²) in [5.74, 6) is -0.251. The van der Waals surface area contributed by atoms with Gasteiger partial charge in [-0.3, -0.25) is 9.78 Å². The highest BCUT2D eigenvalue weighted by atomic mass is 19.4. The molecule has 6 rings (SSSR count). The minimum absolute atomic E-state index is 0.112. The summed E-state index contributed by atoms with van der Waals surface area (Å²) < 4.78 is 39.8. The number of carboxylic acid groups (broad SMARTS) is 1. The molecule has 1 N–H and O–H groups in total. The molecular formula is C30H34F3N3O3. The van der Waals surface area contributed by atoms with Gasteiger partial charge < -0.3 is 14.9 Å². The summed E-state index contributed by atoms with van der Waals surface area (Å²) in [6.45, 7) is 2.45. The highest BCUT2D eigenvalue weighted by Gasteiger charge is 2.57. The Hall–Kier alpha value is -2.94. The lowest BCUT2D eigenvalue weighted by Crippen LogP contribution is -2.47. The van der Waals surface area contributed by atoms with Crippen LogP contribution in [0, 0.1) is 11.3 Å². The minimum Gasteiger partial charge on any atom is -0.478 e. The highest BCUT2D eigenvalue weighted by molar-refractivity contribution is 5.89. The number of halogens is 3. The summed E-state index contributed by atoms with van der Waals surface area (Å²) in [7, 11) is 0. The molecule has 3 atom stereocenters. The molecule has 1 saturated heterocycles. The minimum atomic E-state index is -4.45. The van der Waals surface area contributed by atoms with Gasteiger partial charge in [0.2, 0.25) is 5.91 Å². The summed E-state index contributed by atoms with van der Waals surface area (Å²) in [6.07, 6.45) is 3.38. The molecule has 3 fully saturated rings. The summed E-state index contributed by atoms with van der Waals surface area (Å²) in [5.41, 5.74) is 1.27. The molecule has 39 heavy (non-hydrogen) atoms. The van der Waals surface area contributed by atoms with Crippen molar-refractivity contribution < 1.29 is 27.9 Å². The maximum Gasteiger partial charge on any atom is 0.417 e. The van der Waals surface area contributed by atoms with Crippen LogP contribution in [-0.4, -0.2) is 57.4 Å². The van der Waals surface area contributed by atoms with Gasteiger partial charge in [-0.25, -0.2) is 4.79 Å². The number of hydrogen-bond acceptors (Lipinski definition) is 4. The number of aromatic nitrogens is 1. The van der Waals surface area contributed by atoms with Crippen molar-refractivity contribution in [3.05, 3.63) is 64.5 Å². The molecule has 1 amide bonds. The summed E-state index contributed by atoms with van der Waals surface area (Å²) >= 11 is 0. The second kappa shape index (κ2) is 9.91. The SMILES string of the molecule is O=C(O)c1ccccc1C1CCN([C@H]2C[C@H]3CCC[C@@]3(C(=O)N3CCc4ncc(C(F)(F)F)cc4C3)C2)CC1. The number of likely N-dealkylation sites (tertiary alicyclic amines) is 1. The Balaban J connectivity index is 1.14. The number of hydrogen-bond donors (Lipinski definition) is 1. The third kappa shape index (κ3) is 4.72. The van der Waals surface area contributed by atoms with Crippen molar-refractivity contribution in [1.82, 2.24) is 14.8 Å². The Kier molecular flexibility index (Phi) is 6.68. The topological polar surface area (TPSA) is 73.7 Å². The smallest absolute Gasteiger partial charge is 0.417 e. The number of rotatable bonds is 4. The van der Waals surface area contributed by atoms with E-state index in [0.717, 1.165) is 75.9 Å². The van der Waals surface area contributed by atoms with Crippen LogP contribution in [0.4, 0.5) is 13.2 Å². The predicted octanol–water partition coefficient (Wildman–Crippen LogP) is 5.51. The molecule has 6 nitrogen and oxygen atoms in total. The van der Waals surface area contributed by atoms with Gasteiger partial charge in [0.1, 0.15) is 0 Å². The first-order valence-corrected chi connectivity index (χ1v) is 14.1. The van der Waals surface area contributed by atoms with Crippen molar-refractivity contribution in [3.63, 3.8) is 0 Å². The van der Waals surface area contributed by atoms with Crippen LogP contribution in [0.5, 0.6) is 0 Å². The molecule has 1 aromatic heterocycles. The van der Waals surface area contributed by atoms with E-state index in [4.69, 9.17) is 0 Å². The maximum atomic E-state index is 14.1. The van der Waals surface area contributed by atoms with Crippen molar-refractivity contribution in [1.29, 1.82) is 0 Å². The van der Waals surface area contributed by atoms with E-state index in [-0.39, 0.29) is 18.4 Å². The fraction of sp³-hybridized carbons (Fsp3) is 0.567. The molecule has 3 heterocycles. The second-order valence-corrected chi connectivity index (χ2v) is 11.8. The molecule has 208 valence electrons. The molecule has 0 bridgehead atoms. The summed E-state index contributed by atoms with van der Waals surface area (Å²) in [4.78, 5) is 34.1. The molecule has 0 radical (unpaired) electrons. The third-order valence-electron chi connectivity index (χ3n) is 9.87. The van der Waals surface area contributed by atoms with E-state index < -0.39 is 23.1 Å². The first kappa shape index (κ1) is 26.3. The van der Waals surface area contributed by atoms with Crippen molar-refractivity contribution in [2.24, 2.45) is 11.3 Å². The van der Waals surface area contributed by atoms with Gasteiger partial charge in [0, 0.05) is 37.4 Å². The van der Waals surface area contributed by atoms with Crippen molar-refractivity contribution >= 4 is 11.9 Å². The Morgan fingerprint density at radius 1 is 1.08 bits per heavy atom. The third-order valence-corrected chi connectivity index (χ3v) is 9.87. The standard InChI is InChI=1S/C30H34F3N3O3/c31-30(32,33)22-14-20-18-36(13-9-26(20)34-17-22)28(39)29-10-3-4-21(29)15-23(16-29)35-11-7-19(8-12-35)24-5-1-2-6-25(24)27(37)38/h1-2,5-6,14,17,19,21,23H,3-4,7-13,15-16,18H2,(H,37,38)/t21-,23+,29-/m1/s1. The van der Waals surface area contributed by atoms with Gasteiger partial charge in [0.15, 0.2) is 0 Å². The molecule has 4 aliphatic rings. The van der Waals surface area contributed by atoms with Gasteiger partial charge in [0.25, 0.3) is 0 Å². The summed E-state index contributed by atoms with van der Waals surface area (Å²) in [5, 5.41) is 9.60. The quantitative estimate of drug-likeness (QED) is 0.553. The molecular weight excluding hydrogens is 507 g/mol. The first-order chi connectivity index (χ1) is 18.7. The normalized spacial score (nSPS) is 27.8. The van der Waals surface area contributed by atoms with E-state index in [1.165, 1.54) is 0 Å². The zero-order chi connectivity index (χ0) is 27.4. The number of amides is 1. The first-order valence-electron chi connectivity index (χ1n) is 14.1. The fourth-order valence-electron chi connectivity index (χ4n) is 7.93. The molecule has 2 aliphatic carbocycles. The average molecular weight is 542 g/mol. The van der Waals surface area contributed by atoms with Gasteiger partial charge in [-0.1, -0.05) is 24.6 Å². The lowest BCUT2D eigenvalue weighted by molar-refractivity contribution is -0.144. The number of carboxylic acids is 1. The van der Waals surface area contributed by atoms with E-state index in [9.17, 15) is 27.9 Å². The van der Waals surface area contributed by atoms with Crippen LogP contribution < -0.4 is 0 Å². The highest BCUT2D eigenvalue weighted by Crippen LogP contribution is 2.57. The number of carbonyl (C=O) groups excluding carboxylic acids is 1. The number of nitrogens with zero attached hydrogens (tertiary/aromatic N) is 3. The Morgan fingerprint density at radius 2 is 1.85 bits per heavy atom. The Labute approximate surface area is 226 Å². The number of pyridine rings is 1. The molecule has 0 unspecified atom stereocenters. The summed E-state index contributed by atoms with van der Waals surface area (Å²) in [6, 6.07) is 8.75. The van der Waals surface area contributed by atoms with Gasteiger partial charge in [-0.2, -0.15) is 13.2 Å².